The Morgan fingerprint density at radius 2 is 1.67 bits per heavy atom. The minimum atomic E-state index is 0. The van der Waals surface area contributed by atoms with Crippen LogP contribution >= 0.6 is 24.8 Å². The zero-order valence-electron chi connectivity index (χ0n) is 8.44. The van der Waals surface area contributed by atoms with Crippen molar-refractivity contribution in [2.45, 2.75) is 13.8 Å². The van der Waals surface area contributed by atoms with Crippen LogP contribution in [0.25, 0.3) is 11.0 Å². The summed E-state index contributed by atoms with van der Waals surface area (Å²) in [5.41, 5.74) is 2.94. The monoisotopic (exact) mass is 246 g/mol. The van der Waals surface area contributed by atoms with Crippen molar-refractivity contribution in [2.75, 3.05) is 0 Å². The van der Waals surface area contributed by atoms with Crippen LogP contribution in [0.1, 0.15) is 11.1 Å². The van der Waals surface area contributed by atoms with Crippen LogP contribution in [0.4, 0.5) is 0 Å². The number of halogens is 2. The third-order valence-electron chi connectivity index (χ3n) is 2.28. The molecule has 2 rings (SSSR count). The van der Waals surface area contributed by atoms with Crippen molar-refractivity contribution < 1.29 is 4.42 Å². The molecule has 0 spiro atoms. The molecule has 0 fully saturated rings. The first-order chi connectivity index (χ1) is 6.18. The smallest absolute Gasteiger partial charge is 0.192 e. The Kier molecular flexibility index (Phi) is 4.85. The predicted molar refractivity (Wildman–Crippen MR) is 66.5 cm³/mol. The number of rotatable bonds is 0. The molecule has 0 bridgehead atoms. The van der Waals surface area contributed by atoms with E-state index in [4.69, 9.17) is 4.42 Å². The minimum Gasteiger partial charge on any atom is -0.464 e. The zero-order chi connectivity index (χ0) is 9.42. The summed E-state index contributed by atoms with van der Waals surface area (Å²) in [5.74, 6) is 0. The van der Waals surface area contributed by atoms with E-state index in [2.05, 4.69) is 0 Å². The minimum absolute atomic E-state index is 0. The molecule has 0 saturated heterocycles. The summed E-state index contributed by atoms with van der Waals surface area (Å²) >= 11 is 0. The van der Waals surface area contributed by atoms with Gasteiger partial charge in [0.15, 0.2) is 5.43 Å². The lowest BCUT2D eigenvalue weighted by Gasteiger charge is -2.00. The zero-order valence-corrected chi connectivity index (χ0v) is 10.1. The van der Waals surface area contributed by atoms with Gasteiger partial charge in [0, 0.05) is 6.07 Å². The van der Waals surface area contributed by atoms with E-state index in [1.165, 1.54) is 12.3 Å². The first-order valence-electron chi connectivity index (χ1n) is 4.17. The number of fused-ring (bicyclic) bond motifs is 1. The highest BCUT2D eigenvalue weighted by molar-refractivity contribution is 5.85. The molecule has 0 aliphatic carbocycles. The normalized spacial score (nSPS) is 9.20. The number of benzene rings is 1. The highest BCUT2D eigenvalue weighted by Crippen LogP contribution is 2.15. The Balaban J connectivity index is 0.000000980. The van der Waals surface area contributed by atoms with Gasteiger partial charge in [-0.15, -0.1) is 24.8 Å². The summed E-state index contributed by atoms with van der Waals surface area (Å²) in [6.45, 7) is 3.99. The molecule has 4 heteroatoms. The van der Waals surface area contributed by atoms with Gasteiger partial charge in [-0.3, -0.25) is 4.79 Å². The van der Waals surface area contributed by atoms with Crippen LogP contribution < -0.4 is 5.43 Å². The summed E-state index contributed by atoms with van der Waals surface area (Å²) in [6.07, 6.45) is 1.43. The van der Waals surface area contributed by atoms with E-state index in [1.807, 2.05) is 26.0 Å². The van der Waals surface area contributed by atoms with E-state index >= 15 is 0 Å². The van der Waals surface area contributed by atoms with Gasteiger partial charge in [-0.1, -0.05) is 0 Å². The van der Waals surface area contributed by atoms with E-state index in [0.717, 1.165) is 11.1 Å². The van der Waals surface area contributed by atoms with Crippen molar-refractivity contribution in [2.24, 2.45) is 0 Å². The quantitative estimate of drug-likeness (QED) is 0.715. The molecule has 2 aromatic rings. The molecule has 0 atom stereocenters. The fraction of sp³-hybridized carbons (Fsp3) is 0.182. The largest absolute Gasteiger partial charge is 0.464 e. The van der Waals surface area contributed by atoms with Gasteiger partial charge in [0.2, 0.25) is 0 Å². The first-order valence-corrected chi connectivity index (χ1v) is 4.17. The summed E-state index contributed by atoms with van der Waals surface area (Å²) in [6, 6.07) is 5.21. The van der Waals surface area contributed by atoms with Gasteiger partial charge in [0.05, 0.1) is 11.6 Å². The van der Waals surface area contributed by atoms with Crippen LogP contribution in [0.15, 0.2) is 33.7 Å². The molecule has 1 aromatic carbocycles. The van der Waals surface area contributed by atoms with E-state index in [9.17, 15) is 4.79 Å². The van der Waals surface area contributed by atoms with Gasteiger partial charge in [0.1, 0.15) is 5.58 Å². The first kappa shape index (κ1) is 14.0. The average molecular weight is 247 g/mol. The third kappa shape index (κ3) is 2.52. The SMILES string of the molecule is Cc1cc2occc(=O)c2cc1C.Cl.Cl. The van der Waals surface area contributed by atoms with Crippen molar-refractivity contribution in [3.63, 3.8) is 0 Å². The lowest BCUT2D eigenvalue weighted by molar-refractivity contribution is 0.602. The Morgan fingerprint density at radius 1 is 1.07 bits per heavy atom. The van der Waals surface area contributed by atoms with Crippen LogP contribution in [-0.4, -0.2) is 0 Å². The third-order valence-corrected chi connectivity index (χ3v) is 2.28. The molecule has 0 aliphatic heterocycles. The molecule has 0 unspecified atom stereocenters. The maximum atomic E-state index is 11.4. The van der Waals surface area contributed by atoms with Crippen molar-refractivity contribution in [1.82, 2.24) is 0 Å². The molecule has 1 aromatic heterocycles. The lowest BCUT2D eigenvalue weighted by atomic mass is 10.1. The maximum Gasteiger partial charge on any atom is 0.192 e. The fourth-order valence-corrected chi connectivity index (χ4v) is 1.34. The molecule has 0 aliphatic rings. The van der Waals surface area contributed by atoms with E-state index < -0.39 is 0 Å². The van der Waals surface area contributed by atoms with Gasteiger partial charge in [-0.2, -0.15) is 0 Å². The van der Waals surface area contributed by atoms with Gasteiger partial charge >= 0.3 is 0 Å². The van der Waals surface area contributed by atoms with E-state index in [1.54, 1.807) is 0 Å². The van der Waals surface area contributed by atoms with Crippen molar-refractivity contribution >= 4 is 35.8 Å². The molecule has 15 heavy (non-hydrogen) atoms. The second-order valence-corrected chi connectivity index (χ2v) is 3.22. The predicted octanol–water partition coefficient (Wildman–Crippen LogP) is 3.25. The number of aryl methyl sites for hydroxylation is 2. The van der Waals surface area contributed by atoms with Gasteiger partial charge < -0.3 is 4.42 Å². The molecule has 0 amide bonds. The summed E-state index contributed by atoms with van der Waals surface area (Å²) in [5, 5.41) is 0.658. The van der Waals surface area contributed by atoms with E-state index in [0.29, 0.717) is 11.0 Å². The highest BCUT2D eigenvalue weighted by atomic mass is 35.5. The van der Waals surface area contributed by atoms with Gasteiger partial charge in [-0.05, 0) is 37.1 Å². The van der Waals surface area contributed by atoms with Crippen LogP contribution in [0.2, 0.25) is 0 Å². The topological polar surface area (TPSA) is 30.2 Å². The van der Waals surface area contributed by atoms with E-state index in [-0.39, 0.29) is 30.2 Å². The van der Waals surface area contributed by atoms with Crippen LogP contribution in [0.5, 0.6) is 0 Å². The van der Waals surface area contributed by atoms with Gasteiger partial charge in [-0.25, -0.2) is 0 Å². The summed E-state index contributed by atoms with van der Waals surface area (Å²) < 4.78 is 5.23. The fourth-order valence-electron chi connectivity index (χ4n) is 1.34. The molecule has 2 nitrogen and oxygen atoms in total. The van der Waals surface area contributed by atoms with Gasteiger partial charge in [0.25, 0.3) is 0 Å². The second-order valence-electron chi connectivity index (χ2n) is 3.22. The highest BCUT2D eigenvalue weighted by Gasteiger charge is 2.01. The second kappa shape index (κ2) is 5.19. The van der Waals surface area contributed by atoms with Crippen molar-refractivity contribution in [1.29, 1.82) is 0 Å². The Hall–Kier alpha value is -0.990. The molecular weight excluding hydrogens is 235 g/mol. The summed E-state index contributed by atoms with van der Waals surface area (Å²) in [7, 11) is 0. The average Bonchev–Trinajstić information content (AvgIpc) is 2.09. The van der Waals surface area contributed by atoms with Crippen LogP contribution in [-0.2, 0) is 0 Å². The van der Waals surface area contributed by atoms with Crippen LogP contribution in [0, 0.1) is 13.8 Å². The maximum absolute atomic E-state index is 11.4. The number of hydrogen-bond acceptors (Lipinski definition) is 2. The Labute approximate surface area is 100 Å². The van der Waals surface area contributed by atoms with Crippen molar-refractivity contribution in [3.05, 3.63) is 45.8 Å². The van der Waals surface area contributed by atoms with Crippen molar-refractivity contribution in [3.8, 4) is 0 Å². The summed E-state index contributed by atoms with van der Waals surface area (Å²) in [4.78, 5) is 11.4. The molecule has 1 heterocycles. The molecular formula is C11H12Cl2O2. The van der Waals surface area contributed by atoms with Crippen LogP contribution in [0.3, 0.4) is 0 Å². The Morgan fingerprint density at radius 3 is 2.33 bits per heavy atom. The Bertz CT molecular complexity index is 517. The molecule has 0 N–H and O–H groups in total. The standard InChI is InChI=1S/C11H10O2.2ClH/c1-7-5-9-10(12)3-4-13-11(9)6-8(7)2;;/h3-6H,1-2H3;2*1H. The molecule has 0 radical (unpaired) electrons. The lowest BCUT2D eigenvalue weighted by Crippen LogP contribution is -1.98. The molecule has 82 valence electrons. The molecule has 0 saturated carbocycles. The number of hydrogen-bond donors (Lipinski definition) is 0.